The number of aromatic nitrogens is 1. The molecule has 3 N–H and O–H groups in total. The first-order valence-corrected chi connectivity index (χ1v) is 7.04. The summed E-state index contributed by atoms with van der Waals surface area (Å²) >= 11 is 3.28. The van der Waals surface area contributed by atoms with Gasteiger partial charge in [-0.2, -0.15) is 11.8 Å². The third-order valence-electron chi connectivity index (χ3n) is 1.83. The lowest BCUT2D eigenvalue weighted by molar-refractivity contribution is -0.138. The zero-order valence-electron chi connectivity index (χ0n) is 9.34. The van der Waals surface area contributed by atoms with Crippen LogP contribution in [0.3, 0.4) is 0 Å². The Morgan fingerprint density at radius 1 is 1.69 bits per heavy atom. The van der Waals surface area contributed by atoms with Crippen LogP contribution in [-0.4, -0.2) is 21.8 Å². The number of rotatable bonds is 6. The maximum atomic E-state index is 10.6. The Morgan fingerprint density at radius 2 is 2.38 bits per heavy atom. The Morgan fingerprint density at radius 3 is 2.94 bits per heavy atom. The Labute approximate surface area is 103 Å². The smallest absolute Gasteiger partial charge is 0.326 e. The predicted molar refractivity (Wildman–Crippen MR) is 67.7 cm³/mol. The van der Waals surface area contributed by atoms with Crippen molar-refractivity contribution in [2.24, 2.45) is 11.7 Å². The number of hydrogen-bond acceptors (Lipinski definition) is 5. The van der Waals surface area contributed by atoms with Crippen molar-refractivity contribution in [3.8, 4) is 0 Å². The van der Waals surface area contributed by atoms with Gasteiger partial charge in [0.05, 0.1) is 5.69 Å². The molecule has 0 radical (unpaired) electrons. The molecule has 1 atom stereocenters. The molecule has 0 amide bonds. The van der Waals surface area contributed by atoms with Crippen molar-refractivity contribution >= 4 is 29.1 Å². The number of carboxylic acids is 1. The first kappa shape index (κ1) is 13.5. The van der Waals surface area contributed by atoms with Crippen molar-refractivity contribution in [2.45, 2.75) is 25.6 Å². The summed E-state index contributed by atoms with van der Waals surface area (Å²) in [5.41, 5.74) is 5.92. The average molecular weight is 260 g/mol. The van der Waals surface area contributed by atoms with Crippen molar-refractivity contribution < 1.29 is 9.90 Å². The molecule has 4 nitrogen and oxygen atoms in total. The Balaban J connectivity index is 2.48. The van der Waals surface area contributed by atoms with E-state index in [1.54, 1.807) is 5.38 Å². The number of thiazole rings is 1. The fourth-order valence-corrected chi connectivity index (χ4v) is 3.01. The average Bonchev–Trinajstić information content (AvgIpc) is 2.64. The maximum absolute atomic E-state index is 10.6. The number of nitrogens with two attached hydrogens (primary N) is 1. The third-order valence-corrected chi connectivity index (χ3v) is 4.26. The van der Waals surface area contributed by atoms with E-state index in [9.17, 15) is 4.79 Å². The van der Waals surface area contributed by atoms with Crippen LogP contribution in [0.1, 0.15) is 30.6 Å². The monoisotopic (exact) mass is 260 g/mol. The molecule has 1 heterocycles. The molecule has 1 aromatic rings. The number of hydrogen-bond donors (Lipinski definition) is 2. The quantitative estimate of drug-likeness (QED) is 0.819. The number of aliphatic carboxylic acids is 1. The van der Waals surface area contributed by atoms with Gasteiger partial charge in [-0.05, 0) is 11.7 Å². The number of carbonyl (C=O) groups is 1. The minimum Gasteiger partial charge on any atom is -0.480 e. The molecule has 6 heteroatoms. The number of nitrogens with zero attached hydrogens (tertiary/aromatic N) is 1. The molecule has 1 unspecified atom stereocenters. The molecule has 0 spiro atoms. The second-order valence-electron chi connectivity index (χ2n) is 3.89. The van der Waals surface area contributed by atoms with Crippen LogP contribution in [0.5, 0.6) is 0 Å². The first-order valence-electron chi connectivity index (χ1n) is 5.01. The largest absolute Gasteiger partial charge is 0.480 e. The predicted octanol–water partition coefficient (Wildman–Crippen LogP) is 2.12. The van der Waals surface area contributed by atoms with Crippen molar-refractivity contribution in [1.29, 1.82) is 0 Å². The minimum absolute atomic E-state index is 0.456. The van der Waals surface area contributed by atoms with Crippen LogP contribution in [0.4, 0.5) is 0 Å². The van der Waals surface area contributed by atoms with E-state index in [4.69, 9.17) is 10.8 Å². The molecule has 0 bridgehead atoms. The topological polar surface area (TPSA) is 76.2 Å². The molecule has 0 aromatic carbocycles. The van der Waals surface area contributed by atoms with Crippen molar-refractivity contribution in [3.05, 3.63) is 16.1 Å². The van der Waals surface area contributed by atoms with Gasteiger partial charge in [-0.15, -0.1) is 11.3 Å². The zero-order chi connectivity index (χ0) is 12.1. The van der Waals surface area contributed by atoms with Gasteiger partial charge in [0.2, 0.25) is 0 Å². The van der Waals surface area contributed by atoms with Crippen LogP contribution in [0.15, 0.2) is 5.38 Å². The highest BCUT2D eigenvalue weighted by atomic mass is 32.2. The molecule has 0 aliphatic heterocycles. The Kier molecular flexibility index (Phi) is 5.24. The van der Waals surface area contributed by atoms with Crippen molar-refractivity contribution in [1.82, 2.24) is 4.98 Å². The number of carboxylic acid groups (broad SMARTS) is 1. The molecule has 16 heavy (non-hydrogen) atoms. The highest BCUT2D eigenvalue weighted by Gasteiger charge is 2.17. The Bertz CT molecular complexity index is 352. The lowest BCUT2D eigenvalue weighted by atomic mass is 10.2. The molecule has 0 aliphatic rings. The highest BCUT2D eigenvalue weighted by Crippen LogP contribution is 2.21. The molecule has 0 saturated carbocycles. The first-order chi connectivity index (χ1) is 7.50. The van der Waals surface area contributed by atoms with Gasteiger partial charge in [0.25, 0.3) is 0 Å². The van der Waals surface area contributed by atoms with Gasteiger partial charge < -0.3 is 10.8 Å². The van der Waals surface area contributed by atoms with Crippen LogP contribution in [0.25, 0.3) is 0 Å². The summed E-state index contributed by atoms with van der Waals surface area (Å²) in [6.07, 6.45) is 0. The molecular formula is C10H16N2O2S2. The molecule has 1 aromatic heterocycles. The summed E-state index contributed by atoms with van der Waals surface area (Å²) in [7, 11) is 0. The van der Waals surface area contributed by atoms with E-state index in [0.29, 0.717) is 11.6 Å². The van der Waals surface area contributed by atoms with Gasteiger partial charge in [-0.25, -0.2) is 4.98 Å². The lowest BCUT2D eigenvalue weighted by Gasteiger charge is -2.02. The summed E-state index contributed by atoms with van der Waals surface area (Å²) in [5, 5.41) is 11.4. The fourth-order valence-electron chi connectivity index (χ4n) is 1.04. The van der Waals surface area contributed by atoms with E-state index in [0.717, 1.165) is 16.5 Å². The molecule has 0 saturated heterocycles. The zero-order valence-corrected chi connectivity index (χ0v) is 11.0. The highest BCUT2D eigenvalue weighted by molar-refractivity contribution is 7.98. The van der Waals surface area contributed by atoms with Crippen LogP contribution in [-0.2, 0) is 10.5 Å². The van der Waals surface area contributed by atoms with E-state index in [1.165, 1.54) is 11.3 Å². The fraction of sp³-hybridized carbons (Fsp3) is 0.600. The summed E-state index contributed by atoms with van der Waals surface area (Å²) in [5.74, 6) is 1.53. The normalized spacial score (nSPS) is 13.0. The van der Waals surface area contributed by atoms with E-state index in [2.05, 4.69) is 18.8 Å². The molecule has 1 rings (SSSR count). The van der Waals surface area contributed by atoms with E-state index < -0.39 is 12.0 Å². The number of thioether (sulfide) groups is 1. The van der Waals surface area contributed by atoms with Crippen LogP contribution < -0.4 is 5.73 Å². The molecular weight excluding hydrogens is 244 g/mol. The minimum atomic E-state index is -1.04. The summed E-state index contributed by atoms with van der Waals surface area (Å²) < 4.78 is 0. The maximum Gasteiger partial charge on any atom is 0.326 e. The van der Waals surface area contributed by atoms with Gasteiger partial charge in [0.15, 0.2) is 0 Å². The summed E-state index contributed by atoms with van der Waals surface area (Å²) in [6.45, 7) is 4.33. The molecule has 0 fully saturated rings. The summed E-state index contributed by atoms with van der Waals surface area (Å²) in [6, 6.07) is -1.000. The van der Waals surface area contributed by atoms with Crippen LogP contribution >= 0.6 is 23.1 Å². The van der Waals surface area contributed by atoms with Gasteiger partial charge in [0, 0.05) is 11.1 Å². The standard InChI is InChI=1S/C10H16N2O2S2/c1-6(2)3-15-5-8-12-7(4-16-8)9(11)10(13)14/h4,6,9H,3,5,11H2,1-2H3,(H,13,14). The van der Waals surface area contributed by atoms with Gasteiger partial charge >= 0.3 is 5.97 Å². The van der Waals surface area contributed by atoms with Gasteiger partial charge in [-0.1, -0.05) is 13.8 Å². The van der Waals surface area contributed by atoms with Gasteiger partial charge in [0.1, 0.15) is 11.0 Å². The van der Waals surface area contributed by atoms with Crippen LogP contribution in [0, 0.1) is 5.92 Å². The van der Waals surface area contributed by atoms with Crippen molar-refractivity contribution in [2.75, 3.05) is 5.75 Å². The second kappa shape index (κ2) is 6.22. The third kappa shape index (κ3) is 4.11. The molecule has 0 aliphatic carbocycles. The second-order valence-corrected chi connectivity index (χ2v) is 5.86. The van der Waals surface area contributed by atoms with Crippen LogP contribution in [0.2, 0.25) is 0 Å². The van der Waals surface area contributed by atoms with Gasteiger partial charge in [-0.3, -0.25) is 4.79 Å². The van der Waals surface area contributed by atoms with E-state index in [-0.39, 0.29) is 0 Å². The van der Waals surface area contributed by atoms with E-state index >= 15 is 0 Å². The summed E-state index contributed by atoms with van der Waals surface area (Å²) in [4.78, 5) is 14.9. The van der Waals surface area contributed by atoms with E-state index in [1.807, 2.05) is 11.8 Å². The lowest BCUT2D eigenvalue weighted by Crippen LogP contribution is -2.20. The molecule has 90 valence electrons. The Hall–Kier alpha value is -0.590. The van der Waals surface area contributed by atoms with Crippen molar-refractivity contribution in [3.63, 3.8) is 0 Å². The SMILES string of the molecule is CC(C)CSCc1nc(C(N)C(=O)O)cs1.